The molecule has 1 N–H and O–H groups in total. The van der Waals surface area contributed by atoms with Gasteiger partial charge < -0.3 is 5.32 Å². The molecule has 21 heavy (non-hydrogen) atoms. The average molecular weight is 296 g/mol. The number of amides is 1. The fraction of sp³-hybridized carbons (Fsp3) is 0.294. The molecule has 0 radical (unpaired) electrons. The number of nitriles is 1. The molecule has 1 amide bonds. The molecule has 0 bridgehead atoms. The van der Waals surface area contributed by atoms with E-state index in [1.165, 1.54) is 4.88 Å². The molecule has 3 nitrogen and oxygen atoms in total. The molecule has 0 fully saturated rings. The normalized spacial score (nSPS) is 16.9. The van der Waals surface area contributed by atoms with Crippen LogP contribution in [0.3, 0.4) is 0 Å². The molecule has 106 valence electrons. The van der Waals surface area contributed by atoms with Crippen molar-refractivity contribution in [3.8, 4) is 6.07 Å². The quantitative estimate of drug-likeness (QED) is 0.911. The molecule has 0 spiro atoms. The van der Waals surface area contributed by atoms with Crippen molar-refractivity contribution in [2.75, 3.05) is 5.32 Å². The van der Waals surface area contributed by atoms with E-state index in [1.807, 2.05) is 19.1 Å². The number of carbonyl (C=O) groups excluding carboxylic acids is 1. The molecule has 0 saturated carbocycles. The summed E-state index contributed by atoms with van der Waals surface area (Å²) in [4.78, 5) is 13.9. The summed E-state index contributed by atoms with van der Waals surface area (Å²) in [5.41, 5.74) is 3.21. The number of hydrogen-bond donors (Lipinski definition) is 1. The molecular weight excluding hydrogens is 280 g/mol. The van der Waals surface area contributed by atoms with Crippen LogP contribution in [0.4, 0.5) is 5.69 Å². The molecule has 1 aliphatic rings. The van der Waals surface area contributed by atoms with Crippen LogP contribution < -0.4 is 5.32 Å². The summed E-state index contributed by atoms with van der Waals surface area (Å²) in [5.74, 6) is -0.0940. The van der Waals surface area contributed by atoms with E-state index in [2.05, 4.69) is 22.8 Å². The van der Waals surface area contributed by atoms with Crippen molar-refractivity contribution in [1.82, 2.24) is 0 Å². The summed E-state index contributed by atoms with van der Waals surface area (Å²) in [7, 11) is 0. The Kier molecular flexibility index (Phi) is 3.76. The van der Waals surface area contributed by atoms with Gasteiger partial charge in [-0.2, -0.15) is 5.26 Å². The van der Waals surface area contributed by atoms with E-state index in [9.17, 15) is 10.1 Å². The first-order chi connectivity index (χ1) is 10.2. The summed E-state index contributed by atoms with van der Waals surface area (Å²) in [6.45, 7) is 1.88. The maximum atomic E-state index is 12.6. The minimum absolute atomic E-state index is 0.00329. The zero-order chi connectivity index (χ0) is 14.8. The van der Waals surface area contributed by atoms with E-state index >= 15 is 0 Å². The number of hydrogen-bond acceptors (Lipinski definition) is 3. The monoisotopic (exact) mass is 296 g/mol. The lowest BCUT2D eigenvalue weighted by Gasteiger charge is -2.22. The van der Waals surface area contributed by atoms with E-state index in [0.717, 1.165) is 30.4 Å². The Morgan fingerprint density at radius 2 is 2.29 bits per heavy atom. The second kappa shape index (κ2) is 5.71. The lowest BCUT2D eigenvalue weighted by atomic mass is 9.87. The first-order valence-electron chi connectivity index (χ1n) is 7.07. The van der Waals surface area contributed by atoms with Crippen LogP contribution in [0, 0.1) is 18.3 Å². The standard InChI is InChI=1S/C17H16N2OS/c1-11-4-2-6-15(14(11)10-18)19-17(20)13-5-3-7-16-12(13)8-9-21-16/h2,4,6,8-9,13H,3,5,7H2,1H3,(H,19,20). The van der Waals surface area contributed by atoms with E-state index in [1.54, 1.807) is 17.4 Å². The summed E-state index contributed by atoms with van der Waals surface area (Å²) >= 11 is 1.73. The lowest BCUT2D eigenvalue weighted by Crippen LogP contribution is -2.24. The fourth-order valence-electron chi connectivity index (χ4n) is 2.90. The number of aryl methyl sites for hydroxylation is 2. The molecule has 1 atom stereocenters. The topological polar surface area (TPSA) is 52.9 Å². The van der Waals surface area contributed by atoms with Gasteiger partial charge in [-0.05, 0) is 54.8 Å². The van der Waals surface area contributed by atoms with Crippen molar-refractivity contribution in [2.45, 2.75) is 32.1 Å². The van der Waals surface area contributed by atoms with Gasteiger partial charge in [-0.15, -0.1) is 11.3 Å². The summed E-state index contributed by atoms with van der Waals surface area (Å²) in [6, 6.07) is 9.77. The van der Waals surface area contributed by atoms with E-state index in [4.69, 9.17) is 0 Å². The molecule has 1 aliphatic carbocycles. The average Bonchev–Trinajstić information content (AvgIpc) is 2.95. The smallest absolute Gasteiger partial charge is 0.231 e. The summed E-state index contributed by atoms with van der Waals surface area (Å²) in [5, 5.41) is 14.3. The van der Waals surface area contributed by atoms with Gasteiger partial charge in [-0.1, -0.05) is 12.1 Å². The van der Waals surface area contributed by atoms with Crippen molar-refractivity contribution >= 4 is 22.9 Å². The largest absolute Gasteiger partial charge is 0.324 e. The number of carbonyl (C=O) groups is 1. The molecule has 1 aromatic heterocycles. The number of fused-ring (bicyclic) bond motifs is 1. The highest BCUT2D eigenvalue weighted by molar-refractivity contribution is 7.10. The Balaban J connectivity index is 1.86. The SMILES string of the molecule is Cc1cccc(NC(=O)C2CCCc3sccc32)c1C#N. The summed E-state index contributed by atoms with van der Waals surface area (Å²) in [6.07, 6.45) is 3.00. The Hall–Kier alpha value is -2.12. The molecule has 1 heterocycles. The molecule has 0 saturated heterocycles. The number of rotatable bonds is 2. The minimum Gasteiger partial charge on any atom is -0.324 e. The zero-order valence-electron chi connectivity index (χ0n) is 11.8. The molecular formula is C17H16N2OS. The Bertz CT molecular complexity index is 727. The van der Waals surface area contributed by atoms with Crippen LogP contribution in [0.1, 0.15) is 40.3 Å². The molecule has 4 heteroatoms. The molecule has 2 aromatic rings. The van der Waals surface area contributed by atoms with Gasteiger partial charge in [0, 0.05) is 4.88 Å². The van der Waals surface area contributed by atoms with Crippen molar-refractivity contribution in [1.29, 1.82) is 5.26 Å². The van der Waals surface area contributed by atoms with E-state index < -0.39 is 0 Å². The third kappa shape index (κ3) is 2.57. The third-order valence-corrected chi connectivity index (χ3v) is 5.01. The first-order valence-corrected chi connectivity index (χ1v) is 7.95. The van der Waals surface area contributed by atoms with Gasteiger partial charge in [0.25, 0.3) is 0 Å². The van der Waals surface area contributed by atoms with Crippen molar-refractivity contribution in [3.63, 3.8) is 0 Å². The van der Waals surface area contributed by atoms with E-state index in [-0.39, 0.29) is 11.8 Å². The van der Waals surface area contributed by atoms with Crippen molar-refractivity contribution < 1.29 is 4.79 Å². The number of nitrogens with zero attached hydrogens (tertiary/aromatic N) is 1. The van der Waals surface area contributed by atoms with Crippen LogP contribution in [0.2, 0.25) is 0 Å². The molecule has 1 unspecified atom stereocenters. The highest BCUT2D eigenvalue weighted by Crippen LogP contribution is 2.35. The second-order valence-corrected chi connectivity index (χ2v) is 6.34. The van der Waals surface area contributed by atoms with Crippen LogP contribution >= 0.6 is 11.3 Å². The molecule has 0 aliphatic heterocycles. The van der Waals surface area contributed by atoms with Crippen LogP contribution in [-0.2, 0) is 11.2 Å². The number of benzene rings is 1. The molecule has 1 aromatic carbocycles. The van der Waals surface area contributed by atoms with Crippen LogP contribution in [0.15, 0.2) is 29.6 Å². The number of thiophene rings is 1. The Labute approximate surface area is 128 Å². The highest BCUT2D eigenvalue weighted by atomic mass is 32.1. The van der Waals surface area contributed by atoms with Crippen molar-refractivity contribution in [2.24, 2.45) is 0 Å². The van der Waals surface area contributed by atoms with Crippen molar-refractivity contribution in [3.05, 3.63) is 51.2 Å². The van der Waals surface area contributed by atoms with Gasteiger partial charge in [0.15, 0.2) is 0 Å². The van der Waals surface area contributed by atoms with Crippen LogP contribution in [0.5, 0.6) is 0 Å². The van der Waals surface area contributed by atoms with Crippen LogP contribution in [-0.4, -0.2) is 5.91 Å². The Morgan fingerprint density at radius 1 is 1.43 bits per heavy atom. The fourth-order valence-corrected chi connectivity index (χ4v) is 3.89. The van der Waals surface area contributed by atoms with Gasteiger partial charge in [0.2, 0.25) is 5.91 Å². The number of anilines is 1. The maximum absolute atomic E-state index is 12.6. The highest BCUT2D eigenvalue weighted by Gasteiger charge is 2.27. The predicted molar refractivity (Wildman–Crippen MR) is 84.5 cm³/mol. The minimum atomic E-state index is -0.0907. The second-order valence-electron chi connectivity index (χ2n) is 5.34. The third-order valence-electron chi connectivity index (χ3n) is 4.01. The maximum Gasteiger partial charge on any atom is 0.231 e. The van der Waals surface area contributed by atoms with Gasteiger partial charge >= 0.3 is 0 Å². The number of nitrogens with one attached hydrogen (secondary N) is 1. The zero-order valence-corrected chi connectivity index (χ0v) is 12.7. The van der Waals surface area contributed by atoms with E-state index in [0.29, 0.717) is 11.3 Å². The lowest BCUT2D eigenvalue weighted by molar-refractivity contribution is -0.117. The van der Waals surface area contributed by atoms with Gasteiger partial charge in [0.05, 0.1) is 17.2 Å². The van der Waals surface area contributed by atoms with Gasteiger partial charge in [-0.3, -0.25) is 4.79 Å². The summed E-state index contributed by atoms with van der Waals surface area (Å²) < 4.78 is 0. The molecule has 3 rings (SSSR count). The Morgan fingerprint density at radius 3 is 3.10 bits per heavy atom. The van der Waals surface area contributed by atoms with Crippen LogP contribution in [0.25, 0.3) is 0 Å². The van der Waals surface area contributed by atoms with Gasteiger partial charge in [0.1, 0.15) is 6.07 Å². The first kappa shape index (κ1) is 13.8. The van der Waals surface area contributed by atoms with Gasteiger partial charge in [-0.25, -0.2) is 0 Å². The predicted octanol–water partition coefficient (Wildman–Crippen LogP) is 3.99.